The highest BCUT2D eigenvalue weighted by Crippen LogP contribution is 2.44. The second-order valence-electron chi connectivity index (χ2n) is 6.74. The minimum absolute atomic E-state index is 0.295. The van der Waals surface area contributed by atoms with Crippen molar-refractivity contribution in [1.29, 1.82) is 0 Å². The summed E-state index contributed by atoms with van der Waals surface area (Å²) >= 11 is 0. The van der Waals surface area contributed by atoms with Crippen LogP contribution in [0, 0.1) is 5.41 Å². The summed E-state index contributed by atoms with van der Waals surface area (Å²) in [6, 6.07) is 13.7. The van der Waals surface area contributed by atoms with E-state index in [9.17, 15) is 4.79 Å². The number of hydrogen-bond donors (Lipinski definition) is 2. The number of rotatable bonds is 3. The Labute approximate surface area is 141 Å². The molecule has 1 aliphatic rings. The van der Waals surface area contributed by atoms with Crippen molar-refractivity contribution in [3.8, 4) is 16.9 Å². The van der Waals surface area contributed by atoms with E-state index in [0.717, 1.165) is 28.0 Å². The maximum atomic E-state index is 11.2. The predicted molar refractivity (Wildman–Crippen MR) is 95.1 cm³/mol. The standard InChI is InChI=1S/C20H21NO3/c1-4-13-5-7-14(8-6-13)15-9-10-16-17(11-15)24-12-20(2,3)18(16)21-19(22)23/h4-11,18,21H,1,12H2,2-3H3,(H,22,23). The van der Waals surface area contributed by atoms with E-state index >= 15 is 0 Å². The van der Waals surface area contributed by atoms with E-state index in [1.54, 1.807) is 0 Å². The van der Waals surface area contributed by atoms with Crippen molar-refractivity contribution >= 4 is 12.2 Å². The molecule has 1 amide bonds. The molecule has 1 unspecified atom stereocenters. The van der Waals surface area contributed by atoms with E-state index in [2.05, 4.69) is 11.9 Å². The second-order valence-corrected chi connectivity index (χ2v) is 6.74. The van der Waals surface area contributed by atoms with Gasteiger partial charge in [0.2, 0.25) is 0 Å². The van der Waals surface area contributed by atoms with E-state index < -0.39 is 6.09 Å². The summed E-state index contributed by atoms with van der Waals surface area (Å²) in [6.07, 6.45) is 0.786. The molecule has 1 aliphatic heterocycles. The first-order valence-electron chi connectivity index (χ1n) is 7.90. The van der Waals surface area contributed by atoms with Crippen LogP contribution in [0.5, 0.6) is 5.75 Å². The Morgan fingerprint density at radius 2 is 1.92 bits per heavy atom. The molecule has 2 N–H and O–H groups in total. The zero-order valence-corrected chi connectivity index (χ0v) is 13.9. The molecule has 1 atom stereocenters. The van der Waals surface area contributed by atoms with Crippen LogP contribution in [0.4, 0.5) is 4.79 Å². The molecule has 0 saturated heterocycles. The molecule has 2 aromatic rings. The summed E-state index contributed by atoms with van der Waals surface area (Å²) in [7, 11) is 0. The summed E-state index contributed by atoms with van der Waals surface area (Å²) in [6.45, 7) is 8.22. The lowest BCUT2D eigenvalue weighted by Gasteiger charge is -2.39. The Balaban J connectivity index is 1.98. The Morgan fingerprint density at radius 3 is 2.54 bits per heavy atom. The largest absolute Gasteiger partial charge is 0.493 e. The van der Waals surface area contributed by atoms with Crippen LogP contribution in [0.3, 0.4) is 0 Å². The third-order valence-electron chi connectivity index (χ3n) is 4.45. The zero-order valence-electron chi connectivity index (χ0n) is 13.9. The maximum Gasteiger partial charge on any atom is 0.405 e. The van der Waals surface area contributed by atoms with Crippen LogP contribution in [0.1, 0.15) is 31.0 Å². The average molecular weight is 323 g/mol. The first-order valence-corrected chi connectivity index (χ1v) is 7.90. The lowest BCUT2D eigenvalue weighted by molar-refractivity contribution is 0.0996. The molecule has 1 heterocycles. The molecular formula is C20H21NO3. The third-order valence-corrected chi connectivity index (χ3v) is 4.45. The smallest absolute Gasteiger partial charge is 0.405 e. The minimum atomic E-state index is -1.02. The Kier molecular flexibility index (Phi) is 4.06. The molecule has 0 spiro atoms. The van der Waals surface area contributed by atoms with Gasteiger partial charge in [0.25, 0.3) is 0 Å². The zero-order chi connectivity index (χ0) is 17.3. The highest BCUT2D eigenvalue weighted by molar-refractivity contribution is 5.69. The number of ether oxygens (including phenoxy) is 1. The van der Waals surface area contributed by atoms with Crippen LogP contribution in [-0.2, 0) is 0 Å². The van der Waals surface area contributed by atoms with Crippen molar-refractivity contribution in [1.82, 2.24) is 5.32 Å². The van der Waals surface area contributed by atoms with Gasteiger partial charge >= 0.3 is 6.09 Å². The van der Waals surface area contributed by atoms with Crippen LogP contribution in [0.15, 0.2) is 49.0 Å². The van der Waals surface area contributed by atoms with Crippen molar-refractivity contribution in [2.45, 2.75) is 19.9 Å². The fourth-order valence-electron chi connectivity index (χ4n) is 3.05. The molecule has 24 heavy (non-hydrogen) atoms. The van der Waals surface area contributed by atoms with Gasteiger partial charge < -0.3 is 15.2 Å². The summed E-state index contributed by atoms with van der Waals surface area (Å²) in [4.78, 5) is 11.2. The lowest BCUT2D eigenvalue weighted by atomic mass is 9.78. The second kappa shape index (κ2) is 6.04. The lowest BCUT2D eigenvalue weighted by Crippen LogP contribution is -2.43. The fraction of sp³-hybridized carbons (Fsp3) is 0.250. The molecular weight excluding hydrogens is 302 g/mol. The van der Waals surface area contributed by atoms with Gasteiger partial charge in [-0.2, -0.15) is 0 Å². The monoisotopic (exact) mass is 323 g/mol. The van der Waals surface area contributed by atoms with Crippen molar-refractivity contribution < 1.29 is 14.6 Å². The van der Waals surface area contributed by atoms with Crippen molar-refractivity contribution in [3.05, 3.63) is 60.2 Å². The third kappa shape index (κ3) is 3.00. The molecule has 0 radical (unpaired) electrons. The first kappa shape index (κ1) is 16.1. The summed E-state index contributed by atoms with van der Waals surface area (Å²) < 4.78 is 5.91. The van der Waals surface area contributed by atoms with E-state index in [0.29, 0.717) is 6.61 Å². The number of carboxylic acid groups (broad SMARTS) is 1. The number of benzene rings is 2. The van der Waals surface area contributed by atoms with Crippen molar-refractivity contribution in [2.75, 3.05) is 6.61 Å². The predicted octanol–water partition coefficient (Wildman–Crippen LogP) is 4.72. The van der Waals surface area contributed by atoms with E-state index in [4.69, 9.17) is 9.84 Å². The molecule has 4 nitrogen and oxygen atoms in total. The van der Waals surface area contributed by atoms with Crippen LogP contribution < -0.4 is 10.1 Å². The number of nitrogens with one attached hydrogen (secondary N) is 1. The fourth-order valence-corrected chi connectivity index (χ4v) is 3.05. The number of amides is 1. The van der Waals surface area contributed by atoms with Crippen LogP contribution in [0.25, 0.3) is 17.2 Å². The van der Waals surface area contributed by atoms with Gasteiger partial charge in [0, 0.05) is 11.0 Å². The molecule has 0 bridgehead atoms. The molecule has 0 fully saturated rings. The van der Waals surface area contributed by atoms with Gasteiger partial charge in [-0.1, -0.05) is 62.9 Å². The quantitative estimate of drug-likeness (QED) is 0.859. The van der Waals surface area contributed by atoms with Gasteiger partial charge in [-0.05, 0) is 22.8 Å². The molecule has 4 heteroatoms. The van der Waals surface area contributed by atoms with Crippen LogP contribution in [0.2, 0.25) is 0 Å². The normalized spacial score (nSPS) is 18.2. The van der Waals surface area contributed by atoms with Gasteiger partial charge in [0.15, 0.2) is 0 Å². The molecule has 3 rings (SSSR count). The number of carbonyl (C=O) groups is 1. The van der Waals surface area contributed by atoms with Crippen LogP contribution in [-0.4, -0.2) is 17.8 Å². The van der Waals surface area contributed by atoms with E-state index in [1.165, 1.54) is 0 Å². The number of fused-ring (bicyclic) bond motifs is 1. The van der Waals surface area contributed by atoms with Crippen molar-refractivity contribution in [3.63, 3.8) is 0 Å². The molecule has 0 saturated carbocycles. The highest BCUT2D eigenvalue weighted by Gasteiger charge is 2.38. The molecule has 124 valence electrons. The molecule has 0 aliphatic carbocycles. The van der Waals surface area contributed by atoms with Gasteiger partial charge in [-0.25, -0.2) is 4.79 Å². The molecule has 0 aromatic heterocycles. The highest BCUT2D eigenvalue weighted by atomic mass is 16.5. The van der Waals surface area contributed by atoms with Gasteiger partial charge in [-0.15, -0.1) is 0 Å². The maximum absolute atomic E-state index is 11.2. The van der Waals surface area contributed by atoms with Crippen LogP contribution >= 0.6 is 0 Å². The van der Waals surface area contributed by atoms with Gasteiger partial charge in [-0.3, -0.25) is 0 Å². The van der Waals surface area contributed by atoms with Gasteiger partial charge in [0.05, 0.1) is 12.6 Å². The van der Waals surface area contributed by atoms with E-state index in [-0.39, 0.29) is 11.5 Å². The topological polar surface area (TPSA) is 58.6 Å². The Morgan fingerprint density at radius 1 is 1.25 bits per heavy atom. The average Bonchev–Trinajstić information content (AvgIpc) is 2.57. The summed E-state index contributed by atoms with van der Waals surface area (Å²) in [5, 5.41) is 11.8. The molecule has 2 aromatic carbocycles. The number of hydrogen-bond acceptors (Lipinski definition) is 2. The Hall–Kier alpha value is -2.75. The van der Waals surface area contributed by atoms with E-state index in [1.807, 2.05) is 62.4 Å². The minimum Gasteiger partial charge on any atom is -0.493 e. The SMILES string of the molecule is C=Cc1ccc(-c2ccc3c(c2)OCC(C)(C)C3NC(=O)O)cc1. The first-order chi connectivity index (χ1) is 11.4. The Bertz CT molecular complexity index is 778. The van der Waals surface area contributed by atoms with Gasteiger partial charge in [0.1, 0.15) is 5.75 Å². The summed E-state index contributed by atoms with van der Waals surface area (Å²) in [5.41, 5.74) is 3.76. The van der Waals surface area contributed by atoms with Crippen molar-refractivity contribution in [2.24, 2.45) is 5.41 Å². The summed E-state index contributed by atoms with van der Waals surface area (Å²) in [5.74, 6) is 0.735.